The van der Waals surface area contributed by atoms with Crippen LogP contribution in [-0.2, 0) is 14.3 Å². The molecule has 0 saturated heterocycles. The molecule has 0 aliphatic rings. The highest BCUT2D eigenvalue weighted by Crippen LogP contribution is 2.30. The maximum absolute atomic E-state index is 12.6. The molecule has 2 amide bonds. The molecule has 2 rings (SSSR count). The van der Waals surface area contributed by atoms with E-state index in [1.54, 1.807) is 18.2 Å². The topological polar surface area (TPSA) is 103 Å². The number of rotatable bonds is 7. The lowest BCUT2D eigenvalue weighted by Gasteiger charge is -2.13. The van der Waals surface area contributed by atoms with Gasteiger partial charge in [0.25, 0.3) is 5.91 Å². The number of nitrogens with one attached hydrogen (secondary N) is 2. The summed E-state index contributed by atoms with van der Waals surface area (Å²) in [4.78, 5) is 34.9. The van der Waals surface area contributed by atoms with Crippen LogP contribution in [0.3, 0.4) is 0 Å². The Morgan fingerprint density at radius 1 is 1.00 bits per heavy atom. The van der Waals surface area contributed by atoms with Crippen molar-refractivity contribution in [3.05, 3.63) is 47.0 Å². The van der Waals surface area contributed by atoms with Crippen LogP contribution in [0, 0.1) is 0 Å². The van der Waals surface area contributed by atoms with Crippen molar-refractivity contribution in [2.75, 3.05) is 31.5 Å². The summed E-state index contributed by atoms with van der Waals surface area (Å²) < 4.78 is 15.0. The smallest absolute Gasteiger partial charge is 0.343 e. The fourth-order valence-electron chi connectivity index (χ4n) is 2.22. The lowest BCUT2D eigenvalue weighted by Crippen LogP contribution is -2.15. The minimum absolute atomic E-state index is 0.244. The summed E-state index contributed by atoms with van der Waals surface area (Å²) >= 11 is 6.12. The quantitative estimate of drug-likeness (QED) is 0.685. The number of carbonyl (C=O) groups excluding carboxylic acids is 3. The Labute approximate surface area is 166 Å². The Hall–Kier alpha value is -3.26. The second kappa shape index (κ2) is 9.61. The van der Waals surface area contributed by atoms with Gasteiger partial charge in [-0.2, -0.15) is 0 Å². The minimum Gasteiger partial charge on any atom is -0.493 e. The van der Waals surface area contributed by atoms with Crippen molar-refractivity contribution in [3.8, 4) is 11.5 Å². The number of hydrogen-bond acceptors (Lipinski definition) is 6. The summed E-state index contributed by atoms with van der Waals surface area (Å²) in [5.74, 6) is -0.672. The van der Waals surface area contributed by atoms with E-state index in [0.29, 0.717) is 16.4 Å². The molecule has 0 fully saturated rings. The number of amides is 2. The fraction of sp³-hybridized carbons (Fsp3) is 0.211. The number of ether oxygens (including phenoxy) is 3. The zero-order valence-corrected chi connectivity index (χ0v) is 16.3. The molecule has 0 unspecified atom stereocenters. The normalized spacial score (nSPS) is 10.0. The van der Waals surface area contributed by atoms with Gasteiger partial charge in [-0.15, -0.1) is 0 Å². The van der Waals surface area contributed by atoms with Gasteiger partial charge in [-0.3, -0.25) is 9.59 Å². The van der Waals surface area contributed by atoms with E-state index in [0.717, 1.165) is 0 Å². The molecule has 0 radical (unpaired) electrons. The van der Waals surface area contributed by atoms with Crippen LogP contribution in [0.1, 0.15) is 17.3 Å². The van der Waals surface area contributed by atoms with Crippen molar-refractivity contribution >= 4 is 40.8 Å². The van der Waals surface area contributed by atoms with Crippen molar-refractivity contribution in [3.63, 3.8) is 0 Å². The van der Waals surface area contributed by atoms with Crippen molar-refractivity contribution < 1.29 is 28.6 Å². The molecule has 0 aromatic heterocycles. The first-order valence-corrected chi connectivity index (χ1v) is 8.48. The monoisotopic (exact) mass is 406 g/mol. The van der Waals surface area contributed by atoms with Crippen LogP contribution < -0.4 is 20.1 Å². The van der Waals surface area contributed by atoms with Crippen LogP contribution in [0.25, 0.3) is 0 Å². The lowest BCUT2D eigenvalue weighted by atomic mass is 10.1. The fourth-order valence-corrected chi connectivity index (χ4v) is 2.39. The van der Waals surface area contributed by atoms with Gasteiger partial charge in [0, 0.05) is 18.2 Å². The summed E-state index contributed by atoms with van der Waals surface area (Å²) in [6.07, 6.45) is 0. The average molecular weight is 407 g/mol. The van der Waals surface area contributed by atoms with Gasteiger partial charge in [0.15, 0.2) is 18.1 Å². The number of methoxy groups -OCH3 is 2. The highest BCUT2D eigenvalue weighted by Gasteiger charge is 2.14. The van der Waals surface area contributed by atoms with Gasteiger partial charge >= 0.3 is 5.97 Å². The van der Waals surface area contributed by atoms with Gasteiger partial charge in [-0.05, 0) is 36.4 Å². The van der Waals surface area contributed by atoms with Crippen LogP contribution in [0.2, 0.25) is 5.02 Å². The molecule has 0 bridgehead atoms. The Bertz CT molecular complexity index is 900. The average Bonchev–Trinajstić information content (AvgIpc) is 2.67. The number of esters is 1. The minimum atomic E-state index is -0.544. The molecule has 28 heavy (non-hydrogen) atoms. The molecule has 2 N–H and O–H groups in total. The molecule has 8 nitrogen and oxygen atoms in total. The predicted molar refractivity (Wildman–Crippen MR) is 104 cm³/mol. The molecule has 9 heteroatoms. The van der Waals surface area contributed by atoms with Crippen molar-refractivity contribution in [1.82, 2.24) is 0 Å². The summed E-state index contributed by atoms with van der Waals surface area (Å²) in [5.41, 5.74) is 1.11. The molecule has 0 aliphatic heterocycles. The third-order valence-corrected chi connectivity index (χ3v) is 3.86. The Kier molecular flexibility index (Phi) is 7.22. The van der Waals surface area contributed by atoms with E-state index >= 15 is 0 Å². The van der Waals surface area contributed by atoms with Crippen LogP contribution in [0.5, 0.6) is 11.5 Å². The second-order valence-corrected chi connectivity index (χ2v) is 5.97. The first-order valence-electron chi connectivity index (χ1n) is 8.10. The predicted octanol–water partition coefficient (Wildman–Crippen LogP) is 3.11. The first-order chi connectivity index (χ1) is 13.3. The van der Waals surface area contributed by atoms with Gasteiger partial charge in [0.1, 0.15) is 0 Å². The molecule has 0 spiro atoms. The molecule has 0 heterocycles. The summed E-state index contributed by atoms with van der Waals surface area (Å²) in [6.45, 7) is 1.09. The largest absolute Gasteiger partial charge is 0.493 e. The number of carbonyl (C=O) groups is 3. The molecular weight excluding hydrogens is 388 g/mol. The van der Waals surface area contributed by atoms with E-state index in [-0.39, 0.29) is 29.6 Å². The third-order valence-electron chi connectivity index (χ3n) is 3.53. The molecule has 0 atom stereocenters. The van der Waals surface area contributed by atoms with Crippen LogP contribution in [0.4, 0.5) is 11.4 Å². The summed E-state index contributed by atoms with van der Waals surface area (Å²) in [7, 11) is 2.66. The zero-order chi connectivity index (χ0) is 20.7. The Morgan fingerprint density at radius 3 is 2.39 bits per heavy atom. The van der Waals surface area contributed by atoms with Crippen molar-refractivity contribution in [2.45, 2.75) is 6.92 Å². The molecule has 0 saturated carbocycles. The molecule has 0 aliphatic carbocycles. The van der Waals surface area contributed by atoms with Crippen LogP contribution in [0.15, 0.2) is 36.4 Å². The Morgan fingerprint density at radius 2 is 1.75 bits per heavy atom. The molecule has 148 valence electrons. The van der Waals surface area contributed by atoms with E-state index in [9.17, 15) is 14.4 Å². The van der Waals surface area contributed by atoms with E-state index < -0.39 is 11.9 Å². The molecular formula is C19H19ClN2O6. The highest BCUT2D eigenvalue weighted by atomic mass is 35.5. The van der Waals surface area contributed by atoms with Crippen molar-refractivity contribution in [1.29, 1.82) is 0 Å². The SMILES string of the molecule is COC(=O)COc1ccc(C(=O)Nc2cc(NC(C)=O)ccc2Cl)cc1OC. The number of anilines is 2. The first kappa shape index (κ1) is 21.0. The number of benzene rings is 2. The summed E-state index contributed by atoms with van der Waals surface area (Å²) in [5, 5.41) is 5.61. The lowest BCUT2D eigenvalue weighted by molar-refractivity contribution is -0.142. The summed E-state index contributed by atoms with van der Waals surface area (Å²) in [6, 6.07) is 9.21. The van der Waals surface area contributed by atoms with Gasteiger partial charge in [0.2, 0.25) is 5.91 Å². The number of halogens is 1. The van der Waals surface area contributed by atoms with E-state index in [4.69, 9.17) is 21.1 Å². The zero-order valence-electron chi connectivity index (χ0n) is 15.5. The molecule has 2 aromatic rings. The number of hydrogen-bond donors (Lipinski definition) is 2. The van der Waals surface area contributed by atoms with Gasteiger partial charge in [-0.25, -0.2) is 4.79 Å². The van der Waals surface area contributed by atoms with E-state index in [2.05, 4.69) is 15.4 Å². The van der Waals surface area contributed by atoms with E-state index in [1.807, 2.05) is 0 Å². The van der Waals surface area contributed by atoms with Crippen molar-refractivity contribution in [2.24, 2.45) is 0 Å². The van der Waals surface area contributed by atoms with Crippen LogP contribution >= 0.6 is 11.6 Å². The third kappa shape index (κ3) is 5.62. The van der Waals surface area contributed by atoms with Gasteiger partial charge < -0.3 is 24.8 Å². The maximum atomic E-state index is 12.6. The van der Waals surface area contributed by atoms with E-state index in [1.165, 1.54) is 39.3 Å². The second-order valence-electron chi connectivity index (χ2n) is 5.56. The Balaban J connectivity index is 2.18. The van der Waals surface area contributed by atoms with Gasteiger partial charge in [0.05, 0.1) is 24.9 Å². The standard InChI is InChI=1S/C19H19ClN2O6/c1-11(23)21-13-5-6-14(20)15(9-13)22-19(25)12-4-7-16(17(8-12)26-2)28-10-18(24)27-3/h4-9H,10H2,1-3H3,(H,21,23)(H,22,25). The maximum Gasteiger partial charge on any atom is 0.343 e. The van der Waals surface area contributed by atoms with Gasteiger partial charge in [-0.1, -0.05) is 11.6 Å². The highest BCUT2D eigenvalue weighted by molar-refractivity contribution is 6.34. The molecule has 2 aromatic carbocycles. The van der Waals surface area contributed by atoms with Crippen LogP contribution in [-0.4, -0.2) is 38.6 Å².